The quantitative estimate of drug-likeness (QED) is 0.603. The molecule has 0 saturated carbocycles. The average molecular weight is 183 g/mol. The highest BCUT2D eigenvalue weighted by atomic mass is 15.1. The normalized spacial score (nSPS) is 12.8. The lowest BCUT2D eigenvalue weighted by Gasteiger charge is -2.23. The van der Waals surface area contributed by atoms with Gasteiger partial charge in [0.2, 0.25) is 0 Å². The molecule has 1 unspecified atom stereocenters. The molecule has 76 valence electrons. The van der Waals surface area contributed by atoms with E-state index >= 15 is 0 Å². The zero-order valence-electron chi connectivity index (χ0n) is 9.01. The minimum atomic E-state index is 0.480. The summed E-state index contributed by atoms with van der Waals surface area (Å²) in [6, 6.07) is 2.61. The second-order valence-electron chi connectivity index (χ2n) is 3.25. The van der Waals surface area contributed by atoms with Gasteiger partial charge in [0, 0.05) is 25.6 Å². The zero-order chi connectivity index (χ0) is 10.1. The Bertz CT molecular complexity index is 147. The molecule has 1 atom stereocenters. The van der Waals surface area contributed by atoms with Crippen LogP contribution in [0.3, 0.4) is 0 Å². The molecule has 0 heterocycles. The van der Waals surface area contributed by atoms with Gasteiger partial charge >= 0.3 is 0 Å². The topological polar surface area (TPSA) is 39.1 Å². The van der Waals surface area contributed by atoms with Crippen molar-refractivity contribution in [2.75, 3.05) is 26.2 Å². The van der Waals surface area contributed by atoms with Crippen LogP contribution in [0.25, 0.3) is 0 Å². The molecule has 0 aromatic rings. The van der Waals surface area contributed by atoms with Crippen LogP contribution in [0.4, 0.5) is 0 Å². The molecule has 0 radical (unpaired) electrons. The SMILES string of the molecule is CCN(CC)CC(C)NCCC#N. The summed E-state index contributed by atoms with van der Waals surface area (Å²) in [5.41, 5.74) is 0. The van der Waals surface area contributed by atoms with Crippen LogP contribution in [0.15, 0.2) is 0 Å². The van der Waals surface area contributed by atoms with Gasteiger partial charge in [-0.1, -0.05) is 13.8 Å². The molecule has 0 aromatic carbocycles. The monoisotopic (exact) mass is 183 g/mol. The van der Waals surface area contributed by atoms with E-state index in [1.54, 1.807) is 0 Å². The maximum atomic E-state index is 8.35. The highest BCUT2D eigenvalue weighted by Gasteiger charge is 2.05. The molecule has 13 heavy (non-hydrogen) atoms. The molecule has 3 heteroatoms. The van der Waals surface area contributed by atoms with E-state index in [9.17, 15) is 0 Å². The summed E-state index contributed by atoms with van der Waals surface area (Å²) in [4.78, 5) is 2.38. The number of rotatable bonds is 7. The van der Waals surface area contributed by atoms with Crippen LogP contribution in [-0.4, -0.2) is 37.1 Å². The predicted molar refractivity (Wildman–Crippen MR) is 55.5 cm³/mol. The number of nitrogens with zero attached hydrogens (tertiary/aromatic N) is 2. The summed E-state index contributed by atoms with van der Waals surface area (Å²) >= 11 is 0. The second-order valence-corrected chi connectivity index (χ2v) is 3.25. The molecular weight excluding hydrogens is 162 g/mol. The molecule has 1 N–H and O–H groups in total. The predicted octanol–water partition coefficient (Wildman–Crippen LogP) is 1.22. The summed E-state index contributed by atoms with van der Waals surface area (Å²) in [7, 11) is 0. The fourth-order valence-corrected chi connectivity index (χ4v) is 1.31. The summed E-state index contributed by atoms with van der Waals surface area (Å²) < 4.78 is 0. The lowest BCUT2D eigenvalue weighted by atomic mass is 10.3. The number of likely N-dealkylation sites (N-methyl/N-ethyl adjacent to an activating group) is 1. The molecule has 0 saturated heterocycles. The third kappa shape index (κ3) is 6.56. The first-order valence-electron chi connectivity index (χ1n) is 5.07. The van der Waals surface area contributed by atoms with Gasteiger partial charge in [0.1, 0.15) is 0 Å². The van der Waals surface area contributed by atoms with Crippen molar-refractivity contribution in [2.45, 2.75) is 33.2 Å². The van der Waals surface area contributed by atoms with Crippen molar-refractivity contribution in [1.82, 2.24) is 10.2 Å². The Morgan fingerprint density at radius 1 is 1.38 bits per heavy atom. The molecular formula is C10H21N3. The molecule has 0 rings (SSSR count). The van der Waals surface area contributed by atoms with Crippen LogP contribution < -0.4 is 5.32 Å². The first-order valence-corrected chi connectivity index (χ1v) is 5.07. The zero-order valence-corrected chi connectivity index (χ0v) is 9.01. The molecule has 0 aliphatic heterocycles. The van der Waals surface area contributed by atoms with Crippen LogP contribution >= 0.6 is 0 Å². The molecule has 0 bridgehead atoms. The first kappa shape index (κ1) is 12.4. The fourth-order valence-electron chi connectivity index (χ4n) is 1.31. The van der Waals surface area contributed by atoms with Crippen molar-refractivity contribution in [1.29, 1.82) is 5.26 Å². The van der Waals surface area contributed by atoms with Gasteiger partial charge in [0.05, 0.1) is 6.07 Å². The van der Waals surface area contributed by atoms with Crippen molar-refractivity contribution in [3.63, 3.8) is 0 Å². The Balaban J connectivity index is 3.48. The Labute approximate surface area is 81.7 Å². The lowest BCUT2D eigenvalue weighted by molar-refractivity contribution is 0.272. The summed E-state index contributed by atoms with van der Waals surface area (Å²) in [5.74, 6) is 0. The Hall–Kier alpha value is -0.590. The van der Waals surface area contributed by atoms with E-state index < -0.39 is 0 Å². The molecule has 3 nitrogen and oxygen atoms in total. The lowest BCUT2D eigenvalue weighted by Crippen LogP contribution is -2.39. The van der Waals surface area contributed by atoms with Gasteiger partial charge in [-0.3, -0.25) is 0 Å². The van der Waals surface area contributed by atoms with Gasteiger partial charge in [0.15, 0.2) is 0 Å². The Kier molecular flexibility index (Phi) is 7.66. The van der Waals surface area contributed by atoms with E-state index in [-0.39, 0.29) is 0 Å². The largest absolute Gasteiger partial charge is 0.312 e. The maximum absolute atomic E-state index is 8.35. The molecule has 0 spiro atoms. The summed E-state index contributed by atoms with van der Waals surface area (Å²) in [5, 5.41) is 11.7. The van der Waals surface area contributed by atoms with E-state index in [4.69, 9.17) is 5.26 Å². The van der Waals surface area contributed by atoms with Gasteiger partial charge in [-0.25, -0.2) is 0 Å². The first-order chi connectivity index (χ1) is 6.24. The van der Waals surface area contributed by atoms with Crippen molar-refractivity contribution in [2.24, 2.45) is 0 Å². The van der Waals surface area contributed by atoms with E-state index in [2.05, 4.69) is 37.1 Å². The van der Waals surface area contributed by atoms with Gasteiger partial charge in [0.25, 0.3) is 0 Å². The van der Waals surface area contributed by atoms with Crippen LogP contribution in [0.2, 0.25) is 0 Å². The highest BCUT2D eigenvalue weighted by Crippen LogP contribution is 1.91. The minimum Gasteiger partial charge on any atom is -0.312 e. The van der Waals surface area contributed by atoms with E-state index in [1.807, 2.05) is 0 Å². The van der Waals surface area contributed by atoms with Crippen molar-refractivity contribution in [3.05, 3.63) is 0 Å². The number of nitrogens with one attached hydrogen (secondary N) is 1. The minimum absolute atomic E-state index is 0.480. The molecule has 0 aliphatic carbocycles. The molecule has 0 fully saturated rings. The van der Waals surface area contributed by atoms with Gasteiger partial charge in [-0.2, -0.15) is 5.26 Å². The van der Waals surface area contributed by atoms with Crippen LogP contribution in [-0.2, 0) is 0 Å². The average Bonchev–Trinajstić information content (AvgIpc) is 2.14. The summed E-state index contributed by atoms with van der Waals surface area (Å²) in [6.45, 7) is 10.6. The van der Waals surface area contributed by atoms with E-state index in [0.29, 0.717) is 12.5 Å². The third-order valence-electron chi connectivity index (χ3n) is 2.16. The van der Waals surface area contributed by atoms with E-state index in [1.165, 1.54) is 0 Å². The van der Waals surface area contributed by atoms with Crippen molar-refractivity contribution in [3.8, 4) is 6.07 Å². The van der Waals surface area contributed by atoms with Crippen molar-refractivity contribution >= 4 is 0 Å². The maximum Gasteiger partial charge on any atom is 0.0635 e. The smallest absolute Gasteiger partial charge is 0.0635 e. The van der Waals surface area contributed by atoms with Gasteiger partial charge in [-0.05, 0) is 20.0 Å². The van der Waals surface area contributed by atoms with E-state index in [0.717, 1.165) is 26.2 Å². The van der Waals surface area contributed by atoms with Crippen LogP contribution in [0, 0.1) is 11.3 Å². The van der Waals surface area contributed by atoms with Gasteiger partial charge < -0.3 is 10.2 Å². The Morgan fingerprint density at radius 3 is 2.46 bits per heavy atom. The standard InChI is InChI=1S/C10H21N3/c1-4-13(5-2)9-10(3)12-8-6-7-11/h10,12H,4-6,8-9H2,1-3H3. The van der Waals surface area contributed by atoms with Crippen LogP contribution in [0.5, 0.6) is 0 Å². The molecule has 0 aliphatic rings. The second kappa shape index (κ2) is 8.03. The number of hydrogen-bond acceptors (Lipinski definition) is 3. The van der Waals surface area contributed by atoms with Gasteiger partial charge in [-0.15, -0.1) is 0 Å². The van der Waals surface area contributed by atoms with Crippen molar-refractivity contribution < 1.29 is 0 Å². The number of hydrogen-bond donors (Lipinski definition) is 1. The molecule has 0 aromatic heterocycles. The molecule has 0 amide bonds. The Morgan fingerprint density at radius 2 is 2.00 bits per heavy atom. The van der Waals surface area contributed by atoms with Crippen LogP contribution in [0.1, 0.15) is 27.2 Å². The third-order valence-corrected chi connectivity index (χ3v) is 2.16. The highest BCUT2D eigenvalue weighted by molar-refractivity contribution is 4.73. The summed E-state index contributed by atoms with van der Waals surface area (Å²) in [6.07, 6.45) is 0.600. The number of nitriles is 1. The fraction of sp³-hybridized carbons (Fsp3) is 0.900.